The predicted octanol–water partition coefficient (Wildman–Crippen LogP) is 4.03. The summed E-state index contributed by atoms with van der Waals surface area (Å²) in [5.41, 5.74) is -0.136. The molecule has 0 fully saturated rings. The van der Waals surface area contributed by atoms with Gasteiger partial charge in [-0.2, -0.15) is 0 Å². The second-order valence-corrected chi connectivity index (χ2v) is 5.66. The van der Waals surface area contributed by atoms with Gasteiger partial charge in [0.05, 0.1) is 11.7 Å². The molecule has 0 saturated carbocycles. The van der Waals surface area contributed by atoms with E-state index in [9.17, 15) is 0 Å². The molecule has 0 saturated heterocycles. The Bertz CT molecular complexity index is 184. The van der Waals surface area contributed by atoms with Gasteiger partial charge in [-0.15, -0.1) is 0 Å². The van der Waals surface area contributed by atoms with Crippen molar-refractivity contribution in [3.8, 4) is 0 Å². The van der Waals surface area contributed by atoms with Crippen LogP contribution in [-0.4, -0.2) is 25.4 Å². The predicted molar refractivity (Wildman–Crippen MR) is 69.8 cm³/mol. The summed E-state index contributed by atoms with van der Waals surface area (Å²) in [7, 11) is 1.79. The van der Waals surface area contributed by atoms with Crippen molar-refractivity contribution in [3.05, 3.63) is 0 Å². The molecule has 0 aliphatic rings. The van der Waals surface area contributed by atoms with Gasteiger partial charge in [0, 0.05) is 13.7 Å². The molecule has 98 valence electrons. The average Bonchev–Trinajstić information content (AvgIpc) is 2.17. The first-order chi connectivity index (χ1) is 7.33. The molecule has 0 spiro atoms. The van der Waals surface area contributed by atoms with Crippen LogP contribution in [-0.2, 0) is 9.47 Å². The van der Waals surface area contributed by atoms with Gasteiger partial charge in [-0.05, 0) is 25.7 Å². The number of methoxy groups -OCH3 is 1. The summed E-state index contributed by atoms with van der Waals surface area (Å²) < 4.78 is 11.7. The fourth-order valence-corrected chi connectivity index (χ4v) is 2.10. The molecule has 0 N–H and O–H groups in total. The maximum absolute atomic E-state index is 6.02. The van der Waals surface area contributed by atoms with Crippen LogP contribution in [0, 0.1) is 5.41 Å². The lowest BCUT2D eigenvalue weighted by molar-refractivity contribution is -0.178. The minimum Gasteiger partial charge on any atom is -0.378 e. The quantitative estimate of drug-likeness (QED) is 0.657. The van der Waals surface area contributed by atoms with Gasteiger partial charge >= 0.3 is 0 Å². The van der Waals surface area contributed by atoms with E-state index in [4.69, 9.17) is 9.47 Å². The Labute approximate surface area is 102 Å². The van der Waals surface area contributed by atoms with Crippen molar-refractivity contribution < 1.29 is 9.47 Å². The van der Waals surface area contributed by atoms with Gasteiger partial charge < -0.3 is 9.47 Å². The number of rotatable bonds is 7. The van der Waals surface area contributed by atoms with Crippen LogP contribution in [0.2, 0.25) is 0 Å². The van der Waals surface area contributed by atoms with Crippen LogP contribution in [0.15, 0.2) is 0 Å². The largest absolute Gasteiger partial charge is 0.378 e. The van der Waals surface area contributed by atoms with Crippen LogP contribution < -0.4 is 0 Å². The maximum Gasteiger partial charge on any atom is 0.0962 e. The van der Waals surface area contributed by atoms with Gasteiger partial charge in [0.25, 0.3) is 0 Å². The monoisotopic (exact) mass is 230 g/mol. The van der Waals surface area contributed by atoms with Crippen molar-refractivity contribution >= 4 is 0 Å². The first-order valence-electron chi connectivity index (χ1n) is 6.50. The zero-order chi connectivity index (χ0) is 12.8. The molecular formula is C14H30O2. The van der Waals surface area contributed by atoms with E-state index in [0.717, 1.165) is 13.0 Å². The summed E-state index contributed by atoms with van der Waals surface area (Å²) in [4.78, 5) is 0. The Morgan fingerprint density at radius 1 is 1.06 bits per heavy atom. The van der Waals surface area contributed by atoms with E-state index in [2.05, 4.69) is 41.5 Å². The summed E-state index contributed by atoms with van der Waals surface area (Å²) in [6.45, 7) is 13.8. The lowest BCUT2D eigenvalue weighted by atomic mass is 9.72. The van der Waals surface area contributed by atoms with E-state index in [0.29, 0.717) is 0 Å². The number of unbranched alkanes of at least 4 members (excludes halogenated alkanes) is 1. The van der Waals surface area contributed by atoms with E-state index in [1.165, 1.54) is 12.8 Å². The highest BCUT2D eigenvalue weighted by Crippen LogP contribution is 2.39. The maximum atomic E-state index is 6.02. The SMILES string of the molecule is CCCCC(OC)C(C)(OCC)C(C)(C)C. The van der Waals surface area contributed by atoms with E-state index in [-0.39, 0.29) is 17.1 Å². The Morgan fingerprint density at radius 2 is 1.62 bits per heavy atom. The Hall–Kier alpha value is -0.0800. The minimum atomic E-state index is -0.217. The molecular weight excluding hydrogens is 200 g/mol. The molecule has 2 atom stereocenters. The van der Waals surface area contributed by atoms with Crippen molar-refractivity contribution in [2.75, 3.05) is 13.7 Å². The molecule has 2 nitrogen and oxygen atoms in total. The van der Waals surface area contributed by atoms with Crippen molar-refractivity contribution in [2.45, 2.75) is 72.5 Å². The molecule has 0 rings (SSSR count). The zero-order valence-corrected chi connectivity index (χ0v) is 12.2. The molecule has 0 aromatic heterocycles. The summed E-state index contributed by atoms with van der Waals surface area (Å²) in [6, 6.07) is 0. The lowest BCUT2D eigenvalue weighted by Gasteiger charge is -2.46. The van der Waals surface area contributed by atoms with Crippen LogP contribution in [0.3, 0.4) is 0 Å². The molecule has 0 bridgehead atoms. The molecule has 0 aliphatic heterocycles. The fraction of sp³-hybridized carbons (Fsp3) is 1.00. The third-order valence-electron chi connectivity index (χ3n) is 3.65. The van der Waals surface area contributed by atoms with Crippen LogP contribution in [0.25, 0.3) is 0 Å². The molecule has 0 aromatic carbocycles. The summed E-state index contributed by atoms with van der Waals surface area (Å²) >= 11 is 0. The van der Waals surface area contributed by atoms with E-state index >= 15 is 0 Å². The Morgan fingerprint density at radius 3 is 1.94 bits per heavy atom. The van der Waals surface area contributed by atoms with Crippen molar-refractivity contribution in [1.29, 1.82) is 0 Å². The normalized spacial score (nSPS) is 18.2. The lowest BCUT2D eigenvalue weighted by Crippen LogP contribution is -2.53. The first-order valence-corrected chi connectivity index (χ1v) is 6.50. The molecule has 0 amide bonds. The fourth-order valence-electron chi connectivity index (χ4n) is 2.10. The van der Waals surface area contributed by atoms with Gasteiger partial charge in [-0.1, -0.05) is 40.5 Å². The standard InChI is InChI=1S/C14H30O2/c1-8-10-11-12(15-7)14(6,16-9-2)13(3,4)5/h12H,8-11H2,1-7H3. The van der Waals surface area contributed by atoms with Crippen molar-refractivity contribution in [1.82, 2.24) is 0 Å². The molecule has 0 aromatic rings. The van der Waals surface area contributed by atoms with E-state index in [1.54, 1.807) is 7.11 Å². The summed E-state index contributed by atoms with van der Waals surface area (Å²) in [5, 5.41) is 0. The van der Waals surface area contributed by atoms with E-state index < -0.39 is 0 Å². The van der Waals surface area contributed by atoms with Crippen LogP contribution >= 0.6 is 0 Å². The molecule has 2 heteroatoms. The highest BCUT2D eigenvalue weighted by atomic mass is 16.5. The Balaban J connectivity index is 4.83. The third kappa shape index (κ3) is 3.74. The summed E-state index contributed by atoms with van der Waals surface area (Å²) in [6.07, 6.45) is 3.64. The third-order valence-corrected chi connectivity index (χ3v) is 3.65. The number of ether oxygens (including phenoxy) is 2. The van der Waals surface area contributed by atoms with Crippen LogP contribution in [0.4, 0.5) is 0 Å². The average molecular weight is 230 g/mol. The minimum absolute atomic E-state index is 0.0808. The van der Waals surface area contributed by atoms with Crippen LogP contribution in [0.1, 0.15) is 60.8 Å². The van der Waals surface area contributed by atoms with Gasteiger partial charge in [-0.3, -0.25) is 0 Å². The molecule has 0 radical (unpaired) electrons. The highest BCUT2D eigenvalue weighted by molar-refractivity contribution is 4.95. The smallest absolute Gasteiger partial charge is 0.0962 e. The second kappa shape index (κ2) is 6.61. The van der Waals surface area contributed by atoms with Gasteiger partial charge in [0.2, 0.25) is 0 Å². The molecule has 0 heterocycles. The number of hydrogen-bond acceptors (Lipinski definition) is 2. The van der Waals surface area contributed by atoms with Gasteiger partial charge in [0.1, 0.15) is 0 Å². The second-order valence-electron chi connectivity index (χ2n) is 5.66. The zero-order valence-electron chi connectivity index (χ0n) is 12.2. The van der Waals surface area contributed by atoms with Crippen LogP contribution in [0.5, 0.6) is 0 Å². The van der Waals surface area contributed by atoms with E-state index in [1.807, 2.05) is 0 Å². The Kier molecular flexibility index (Phi) is 6.57. The van der Waals surface area contributed by atoms with Gasteiger partial charge in [-0.25, -0.2) is 0 Å². The van der Waals surface area contributed by atoms with Crippen molar-refractivity contribution in [2.24, 2.45) is 5.41 Å². The summed E-state index contributed by atoms with van der Waals surface area (Å²) in [5.74, 6) is 0. The topological polar surface area (TPSA) is 18.5 Å². The highest BCUT2D eigenvalue weighted by Gasteiger charge is 2.45. The first kappa shape index (κ1) is 15.9. The van der Waals surface area contributed by atoms with Crippen molar-refractivity contribution in [3.63, 3.8) is 0 Å². The molecule has 2 unspecified atom stereocenters. The molecule has 16 heavy (non-hydrogen) atoms. The molecule has 0 aliphatic carbocycles. The van der Waals surface area contributed by atoms with Gasteiger partial charge in [0.15, 0.2) is 0 Å². The number of hydrogen-bond donors (Lipinski definition) is 0.